The maximum absolute atomic E-state index is 14.1. The molecule has 28 heavy (non-hydrogen) atoms. The van der Waals surface area contributed by atoms with E-state index in [2.05, 4.69) is 5.32 Å². The Kier molecular flexibility index (Phi) is 3.99. The van der Waals surface area contributed by atoms with E-state index in [9.17, 15) is 23.2 Å². The SMILES string of the molecule is Cc1ccn(-c2cc(F)ccc2F)c(=O)c1C(=O)N1CC2(CNC(=O)N2C)C1. The average molecular weight is 388 g/mol. The molecule has 0 atom stereocenters. The molecule has 0 saturated carbocycles. The highest BCUT2D eigenvalue weighted by atomic mass is 19.1. The predicted octanol–water partition coefficient (Wildman–Crippen LogP) is 1.27. The van der Waals surface area contributed by atoms with Gasteiger partial charge in [0.05, 0.1) is 11.2 Å². The van der Waals surface area contributed by atoms with Gasteiger partial charge in [0.1, 0.15) is 17.2 Å². The minimum atomic E-state index is -0.772. The van der Waals surface area contributed by atoms with Gasteiger partial charge in [-0.2, -0.15) is 0 Å². The lowest BCUT2D eigenvalue weighted by Crippen LogP contribution is -2.70. The number of rotatable bonds is 2. The summed E-state index contributed by atoms with van der Waals surface area (Å²) in [7, 11) is 1.66. The number of aryl methyl sites for hydroxylation is 1. The summed E-state index contributed by atoms with van der Waals surface area (Å²) in [5.41, 5.74) is -1.10. The normalized spacial score (nSPS) is 17.6. The Labute approximate surface area is 159 Å². The maximum atomic E-state index is 14.1. The molecule has 0 bridgehead atoms. The molecule has 146 valence electrons. The molecule has 2 aliphatic rings. The molecule has 0 unspecified atom stereocenters. The predicted molar refractivity (Wildman–Crippen MR) is 96.5 cm³/mol. The van der Waals surface area contributed by atoms with Crippen LogP contribution in [0.1, 0.15) is 15.9 Å². The minimum Gasteiger partial charge on any atom is -0.335 e. The van der Waals surface area contributed by atoms with Crippen LogP contribution in [0.25, 0.3) is 5.69 Å². The molecule has 7 nitrogen and oxygen atoms in total. The Morgan fingerprint density at radius 2 is 1.89 bits per heavy atom. The number of likely N-dealkylation sites (tertiary alicyclic amines) is 1. The standard InChI is InChI=1S/C19H18F2N4O3/c1-11-5-6-25(14-7-12(20)3-4-13(14)21)17(27)15(11)16(26)24-9-19(10-24)8-22-18(28)23(19)2/h3-7H,8-10H2,1-2H3,(H,22,28). The van der Waals surface area contributed by atoms with Crippen LogP contribution >= 0.6 is 0 Å². The maximum Gasteiger partial charge on any atom is 0.317 e. The second-order valence-corrected chi connectivity index (χ2v) is 7.25. The third-order valence-electron chi connectivity index (χ3n) is 5.52. The fourth-order valence-electron chi connectivity index (χ4n) is 3.73. The number of benzene rings is 1. The molecular weight excluding hydrogens is 370 g/mol. The van der Waals surface area contributed by atoms with E-state index >= 15 is 0 Å². The molecule has 2 fully saturated rings. The summed E-state index contributed by atoms with van der Waals surface area (Å²) in [6, 6.07) is 4.10. The van der Waals surface area contributed by atoms with Gasteiger partial charge in [-0.1, -0.05) is 0 Å². The number of halogens is 2. The summed E-state index contributed by atoms with van der Waals surface area (Å²) < 4.78 is 28.6. The Bertz CT molecular complexity index is 1060. The molecule has 1 aromatic carbocycles. The lowest BCUT2D eigenvalue weighted by Gasteiger charge is -2.50. The first-order valence-corrected chi connectivity index (χ1v) is 8.72. The van der Waals surface area contributed by atoms with Gasteiger partial charge in [0.15, 0.2) is 0 Å². The first-order chi connectivity index (χ1) is 13.2. The Morgan fingerprint density at radius 3 is 2.54 bits per heavy atom. The molecular formula is C19H18F2N4O3. The van der Waals surface area contributed by atoms with Crippen molar-refractivity contribution in [2.24, 2.45) is 0 Å². The largest absolute Gasteiger partial charge is 0.335 e. The fourth-order valence-corrected chi connectivity index (χ4v) is 3.73. The smallest absolute Gasteiger partial charge is 0.317 e. The van der Waals surface area contributed by atoms with Crippen molar-refractivity contribution in [3.8, 4) is 5.69 Å². The van der Waals surface area contributed by atoms with Crippen molar-refractivity contribution >= 4 is 11.9 Å². The Morgan fingerprint density at radius 1 is 1.18 bits per heavy atom. The van der Waals surface area contributed by atoms with E-state index < -0.39 is 28.6 Å². The molecule has 4 rings (SSSR count). The van der Waals surface area contributed by atoms with Crippen LogP contribution in [-0.4, -0.2) is 58.5 Å². The second-order valence-electron chi connectivity index (χ2n) is 7.25. The third-order valence-corrected chi connectivity index (χ3v) is 5.52. The van der Waals surface area contributed by atoms with Crippen molar-refractivity contribution in [3.05, 3.63) is 63.6 Å². The van der Waals surface area contributed by atoms with Crippen molar-refractivity contribution in [1.29, 1.82) is 0 Å². The van der Waals surface area contributed by atoms with Gasteiger partial charge in [-0.05, 0) is 30.7 Å². The van der Waals surface area contributed by atoms with E-state index in [4.69, 9.17) is 0 Å². The number of nitrogens with zero attached hydrogens (tertiary/aromatic N) is 3. The Hall–Kier alpha value is -3.23. The number of hydrogen-bond donors (Lipinski definition) is 1. The number of amides is 3. The quantitative estimate of drug-likeness (QED) is 0.842. The number of pyridine rings is 1. The third kappa shape index (κ3) is 2.57. The zero-order valence-corrected chi connectivity index (χ0v) is 15.3. The molecule has 3 heterocycles. The van der Waals surface area contributed by atoms with Gasteiger partial charge in [-0.25, -0.2) is 13.6 Å². The molecule has 1 N–H and O–H groups in total. The second kappa shape index (κ2) is 6.15. The molecule has 3 amide bonds. The summed E-state index contributed by atoms with van der Waals surface area (Å²) >= 11 is 0. The first-order valence-electron chi connectivity index (χ1n) is 8.72. The van der Waals surface area contributed by atoms with Crippen molar-refractivity contribution in [2.45, 2.75) is 12.5 Å². The van der Waals surface area contributed by atoms with Crippen molar-refractivity contribution in [3.63, 3.8) is 0 Å². The topological polar surface area (TPSA) is 74.6 Å². The van der Waals surface area contributed by atoms with Crippen molar-refractivity contribution < 1.29 is 18.4 Å². The van der Waals surface area contributed by atoms with Crippen molar-refractivity contribution in [1.82, 2.24) is 19.7 Å². The van der Waals surface area contributed by atoms with Gasteiger partial charge < -0.3 is 15.1 Å². The van der Waals surface area contributed by atoms with E-state index in [1.54, 1.807) is 18.9 Å². The molecule has 1 spiro atoms. The minimum absolute atomic E-state index is 0.0963. The van der Waals surface area contributed by atoms with Crippen LogP contribution in [0.15, 0.2) is 35.3 Å². The van der Waals surface area contributed by atoms with E-state index in [1.165, 1.54) is 17.2 Å². The van der Waals surface area contributed by atoms with Crippen LogP contribution in [0.3, 0.4) is 0 Å². The summed E-state index contributed by atoms with van der Waals surface area (Å²) in [6.07, 6.45) is 1.32. The number of carbonyl (C=O) groups excluding carboxylic acids is 2. The number of likely N-dealkylation sites (N-methyl/N-ethyl adjacent to an activating group) is 1. The molecule has 0 radical (unpaired) electrons. The lowest BCUT2D eigenvalue weighted by molar-refractivity contribution is 0.00755. The highest BCUT2D eigenvalue weighted by Gasteiger charge is 2.53. The van der Waals surface area contributed by atoms with Gasteiger partial charge in [-0.3, -0.25) is 14.2 Å². The number of hydrogen-bond acceptors (Lipinski definition) is 3. The van der Waals surface area contributed by atoms with Gasteiger partial charge in [0.2, 0.25) is 0 Å². The zero-order chi connectivity index (χ0) is 20.2. The first kappa shape index (κ1) is 18.1. The summed E-state index contributed by atoms with van der Waals surface area (Å²) in [6.45, 7) is 2.63. The number of aromatic nitrogens is 1. The van der Waals surface area contributed by atoms with E-state index in [0.29, 0.717) is 25.2 Å². The molecule has 0 aliphatic carbocycles. The van der Waals surface area contributed by atoms with Crippen LogP contribution in [0.5, 0.6) is 0 Å². The van der Waals surface area contributed by atoms with Gasteiger partial charge >= 0.3 is 6.03 Å². The molecule has 2 aromatic rings. The number of urea groups is 1. The molecule has 9 heteroatoms. The molecule has 2 saturated heterocycles. The average Bonchev–Trinajstić information content (AvgIpc) is 2.92. The van der Waals surface area contributed by atoms with Crippen LogP contribution < -0.4 is 10.9 Å². The monoisotopic (exact) mass is 388 g/mol. The van der Waals surface area contributed by atoms with Gasteiger partial charge in [-0.15, -0.1) is 0 Å². The fraction of sp³-hybridized carbons (Fsp3) is 0.316. The van der Waals surface area contributed by atoms with E-state index in [-0.39, 0.29) is 17.3 Å². The summed E-state index contributed by atoms with van der Waals surface area (Å²) in [5, 5.41) is 2.73. The molecule has 2 aliphatic heterocycles. The van der Waals surface area contributed by atoms with Crippen molar-refractivity contribution in [2.75, 3.05) is 26.7 Å². The zero-order valence-electron chi connectivity index (χ0n) is 15.3. The van der Waals surface area contributed by atoms with Gasteiger partial charge in [0, 0.05) is 38.9 Å². The van der Waals surface area contributed by atoms with Crippen LogP contribution in [0, 0.1) is 18.6 Å². The van der Waals surface area contributed by atoms with E-state index in [0.717, 1.165) is 22.8 Å². The highest BCUT2D eigenvalue weighted by molar-refractivity contribution is 5.96. The number of carbonyl (C=O) groups is 2. The Balaban J connectivity index is 1.68. The van der Waals surface area contributed by atoms with Crippen LogP contribution in [-0.2, 0) is 0 Å². The summed E-state index contributed by atoms with van der Waals surface area (Å²) in [5.74, 6) is -1.96. The lowest BCUT2D eigenvalue weighted by atomic mass is 9.88. The highest BCUT2D eigenvalue weighted by Crippen LogP contribution is 2.31. The van der Waals surface area contributed by atoms with Crippen LogP contribution in [0.2, 0.25) is 0 Å². The number of nitrogens with one attached hydrogen (secondary N) is 1. The van der Waals surface area contributed by atoms with Crippen LogP contribution in [0.4, 0.5) is 13.6 Å². The molecule has 1 aromatic heterocycles. The van der Waals surface area contributed by atoms with Gasteiger partial charge in [0.25, 0.3) is 11.5 Å². The van der Waals surface area contributed by atoms with E-state index in [1.807, 2.05) is 0 Å². The summed E-state index contributed by atoms with van der Waals surface area (Å²) in [4.78, 5) is 40.6.